The Morgan fingerprint density at radius 3 is 2.67 bits per heavy atom. The number of allylic oxidation sites excluding steroid dienone is 3. The number of fused-ring (bicyclic) bond motifs is 3. The first-order chi connectivity index (χ1) is 18.9. The van der Waals surface area contributed by atoms with Gasteiger partial charge in [-0.25, -0.2) is 4.98 Å². The molecule has 1 aliphatic carbocycles. The minimum atomic E-state index is -0.142. The van der Waals surface area contributed by atoms with Gasteiger partial charge in [-0.05, 0) is 96.1 Å². The smallest absolute Gasteiger partial charge is 0.129 e. The molecule has 0 radical (unpaired) electrons. The van der Waals surface area contributed by atoms with Gasteiger partial charge in [0.1, 0.15) is 5.82 Å². The lowest BCUT2D eigenvalue weighted by Gasteiger charge is -2.38. The number of pyridine rings is 1. The molecule has 2 aromatic rings. The number of aryl methyl sites for hydroxylation is 2. The van der Waals surface area contributed by atoms with E-state index in [1.54, 1.807) is 0 Å². The van der Waals surface area contributed by atoms with E-state index in [-0.39, 0.29) is 16.7 Å². The Morgan fingerprint density at radius 1 is 1.20 bits per heavy atom. The fourth-order valence-electron chi connectivity index (χ4n) is 6.54. The van der Waals surface area contributed by atoms with E-state index in [9.17, 15) is 0 Å². The van der Waals surface area contributed by atoms with Crippen LogP contribution < -0.4 is 11.1 Å². The van der Waals surface area contributed by atoms with Gasteiger partial charge in [0.25, 0.3) is 0 Å². The summed E-state index contributed by atoms with van der Waals surface area (Å²) in [5, 5.41) is 3.50. The zero-order valence-electron chi connectivity index (χ0n) is 26.2. The van der Waals surface area contributed by atoms with Crippen LogP contribution in [0.2, 0.25) is 0 Å². The SMILES string of the molecule is C=C(CCC)CC1CC(N)=CC(=NC)C(CCc2ccc3c(n2)NCCC3)C(C)(C)c2cc1cc(C(C)(C)C)c2. The van der Waals surface area contributed by atoms with Crippen LogP contribution in [-0.4, -0.2) is 24.3 Å². The van der Waals surface area contributed by atoms with Crippen LogP contribution in [0.15, 0.2) is 59.2 Å². The van der Waals surface area contributed by atoms with E-state index in [1.807, 2.05) is 7.05 Å². The molecule has 0 amide bonds. The predicted octanol–water partition coefficient (Wildman–Crippen LogP) is 8.41. The first-order valence-electron chi connectivity index (χ1n) is 15.4. The van der Waals surface area contributed by atoms with E-state index in [0.717, 1.165) is 74.4 Å². The summed E-state index contributed by atoms with van der Waals surface area (Å²) in [6.07, 6.45) is 10.3. The van der Waals surface area contributed by atoms with Crippen molar-refractivity contribution in [2.24, 2.45) is 16.6 Å². The highest BCUT2D eigenvalue weighted by Crippen LogP contribution is 2.42. The van der Waals surface area contributed by atoms with Crippen molar-refractivity contribution in [2.75, 3.05) is 18.9 Å². The van der Waals surface area contributed by atoms with Gasteiger partial charge in [0, 0.05) is 36.6 Å². The maximum atomic E-state index is 6.82. The van der Waals surface area contributed by atoms with E-state index >= 15 is 0 Å². The van der Waals surface area contributed by atoms with E-state index in [0.29, 0.717) is 5.92 Å². The quantitative estimate of drug-likeness (QED) is 0.347. The van der Waals surface area contributed by atoms with Gasteiger partial charge in [-0.15, -0.1) is 0 Å². The molecule has 1 aliphatic heterocycles. The average Bonchev–Trinajstić information content (AvgIpc) is 2.90. The molecule has 0 saturated carbocycles. The number of benzene rings is 1. The van der Waals surface area contributed by atoms with Crippen molar-refractivity contribution in [1.82, 2.24) is 4.98 Å². The summed E-state index contributed by atoms with van der Waals surface area (Å²) in [5.74, 6) is 1.59. The molecule has 2 heterocycles. The molecule has 2 unspecified atom stereocenters. The zero-order chi connectivity index (χ0) is 29.1. The van der Waals surface area contributed by atoms with Crippen molar-refractivity contribution in [3.63, 3.8) is 0 Å². The first kappa shape index (κ1) is 30.1. The lowest BCUT2D eigenvalue weighted by Crippen LogP contribution is -2.36. The molecule has 4 rings (SSSR count). The van der Waals surface area contributed by atoms with Crippen molar-refractivity contribution in [3.05, 3.63) is 82.2 Å². The highest BCUT2D eigenvalue weighted by Gasteiger charge is 2.36. The predicted molar refractivity (Wildman–Crippen MR) is 173 cm³/mol. The summed E-state index contributed by atoms with van der Waals surface area (Å²) < 4.78 is 0. The number of rotatable bonds is 7. The van der Waals surface area contributed by atoms with Crippen LogP contribution in [0, 0.1) is 5.92 Å². The molecule has 2 atom stereocenters. The number of aliphatic imine (C=N–C) groups is 1. The molecule has 216 valence electrons. The second kappa shape index (κ2) is 12.3. The van der Waals surface area contributed by atoms with Crippen molar-refractivity contribution in [2.45, 2.75) is 110 Å². The fraction of sp³-hybridized carbons (Fsp3) is 0.556. The Kier molecular flexibility index (Phi) is 9.27. The topological polar surface area (TPSA) is 63.3 Å². The Hall–Kier alpha value is -2.88. The van der Waals surface area contributed by atoms with Crippen LogP contribution in [0.25, 0.3) is 0 Å². The van der Waals surface area contributed by atoms with E-state index in [1.165, 1.54) is 34.2 Å². The maximum Gasteiger partial charge on any atom is 0.129 e. The third kappa shape index (κ3) is 6.87. The number of anilines is 1. The molecular formula is C36H52N4. The first-order valence-corrected chi connectivity index (χ1v) is 15.4. The molecule has 0 spiro atoms. The van der Waals surface area contributed by atoms with Crippen molar-refractivity contribution in [3.8, 4) is 0 Å². The largest absolute Gasteiger partial charge is 0.402 e. The minimum Gasteiger partial charge on any atom is -0.402 e. The number of hydrogen-bond donors (Lipinski definition) is 2. The summed E-state index contributed by atoms with van der Waals surface area (Å²) in [6, 6.07) is 11.8. The lowest BCUT2D eigenvalue weighted by molar-refractivity contribution is 0.381. The number of nitrogens with zero attached hydrogens (tertiary/aromatic N) is 2. The Labute approximate surface area is 243 Å². The normalized spacial score (nSPS) is 21.8. The molecule has 4 nitrogen and oxygen atoms in total. The zero-order valence-corrected chi connectivity index (χ0v) is 26.2. The van der Waals surface area contributed by atoms with Crippen LogP contribution in [0.4, 0.5) is 5.82 Å². The lowest BCUT2D eigenvalue weighted by atomic mass is 9.66. The van der Waals surface area contributed by atoms with Gasteiger partial charge in [0.15, 0.2) is 0 Å². The molecule has 3 N–H and O–H groups in total. The van der Waals surface area contributed by atoms with Gasteiger partial charge in [-0.3, -0.25) is 4.99 Å². The van der Waals surface area contributed by atoms with Crippen molar-refractivity contribution >= 4 is 11.5 Å². The Balaban J connectivity index is 1.77. The summed E-state index contributed by atoms with van der Waals surface area (Å²) in [6.45, 7) is 19.4. The fourth-order valence-corrected chi connectivity index (χ4v) is 6.54. The summed E-state index contributed by atoms with van der Waals surface area (Å²) in [7, 11) is 1.92. The Morgan fingerprint density at radius 2 is 1.98 bits per heavy atom. The van der Waals surface area contributed by atoms with Crippen molar-refractivity contribution < 1.29 is 0 Å². The molecule has 2 bridgehead atoms. The molecule has 0 fully saturated rings. The molecule has 2 aliphatic rings. The van der Waals surface area contributed by atoms with Crippen LogP contribution in [0.1, 0.15) is 114 Å². The summed E-state index contributed by atoms with van der Waals surface area (Å²) in [5.41, 5.74) is 16.7. The third-order valence-electron chi connectivity index (χ3n) is 9.12. The standard InChI is InChI=1S/C36H52N4/c1-9-11-24(2)18-26-21-30(37)23-33(38-8)32(16-15-31-14-13-25-12-10-17-39-34(25)40-31)36(6,7)29-20-27(26)19-28(22-29)35(3,4)5/h13-14,19-20,22-23,26,32H,2,9-12,15-18,21,37H2,1,3-8H3,(H,39,40). The molecule has 1 aromatic heterocycles. The van der Waals surface area contributed by atoms with E-state index in [2.05, 4.69) is 89.8 Å². The maximum absolute atomic E-state index is 6.82. The second-order valence-electron chi connectivity index (χ2n) is 13.7. The van der Waals surface area contributed by atoms with Crippen LogP contribution in [-0.2, 0) is 23.7 Å². The second-order valence-corrected chi connectivity index (χ2v) is 13.7. The van der Waals surface area contributed by atoms with Crippen molar-refractivity contribution in [1.29, 1.82) is 0 Å². The summed E-state index contributed by atoms with van der Waals surface area (Å²) in [4.78, 5) is 9.88. The van der Waals surface area contributed by atoms with Gasteiger partial charge < -0.3 is 11.1 Å². The van der Waals surface area contributed by atoms with Crippen LogP contribution in [0.5, 0.6) is 0 Å². The van der Waals surface area contributed by atoms with Gasteiger partial charge in [0.2, 0.25) is 0 Å². The average molecular weight is 541 g/mol. The molecule has 4 heteroatoms. The number of nitrogens with one attached hydrogen (secondary N) is 1. The molecule has 0 saturated heterocycles. The van der Waals surface area contributed by atoms with E-state index in [4.69, 9.17) is 15.7 Å². The van der Waals surface area contributed by atoms with Gasteiger partial charge in [-0.2, -0.15) is 0 Å². The highest BCUT2D eigenvalue weighted by molar-refractivity contribution is 5.98. The molecular weight excluding hydrogens is 488 g/mol. The summed E-state index contributed by atoms with van der Waals surface area (Å²) >= 11 is 0. The van der Waals surface area contributed by atoms with Gasteiger partial charge in [-0.1, -0.05) is 84.4 Å². The minimum absolute atomic E-state index is 0.0501. The number of hydrogen-bond acceptors (Lipinski definition) is 4. The molecule has 1 aromatic carbocycles. The highest BCUT2D eigenvalue weighted by atomic mass is 15.0. The number of aromatic nitrogens is 1. The monoisotopic (exact) mass is 540 g/mol. The third-order valence-corrected chi connectivity index (χ3v) is 9.12. The van der Waals surface area contributed by atoms with Gasteiger partial charge >= 0.3 is 0 Å². The van der Waals surface area contributed by atoms with Gasteiger partial charge in [0.05, 0.1) is 0 Å². The van der Waals surface area contributed by atoms with E-state index < -0.39 is 0 Å². The van der Waals surface area contributed by atoms with Crippen LogP contribution >= 0.6 is 0 Å². The molecule has 40 heavy (non-hydrogen) atoms. The number of nitrogens with two attached hydrogens (primary N) is 1. The Bertz CT molecular complexity index is 1270. The van der Waals surface area contributed by atoms with Crippen LogP contribution in [0.3, 0.4) is 0 Å².